The first-order chi connectivity index (χ1) is 10.9. The third-order valence-corrected chi connectivity index (χ3v) is 5.95. The first-order valence-electron chi connectivity index (χ1n) is 8.36. The van der Waals surface area contributed by atoms with Crippen LogP contribution in [-0.2, 0) is 0 Å². The molecule has 23 heavy (non-hydrogen) atoms. The predicted octanol–water partition coefficient (Wildman–Crippen LogP) is 4.35. The summed E-state index contributed by atoms with van der Waals surface area (Å²) in [5, 5.41) is 0. The van der Waals surface area contributed by atoms with Gasteiger partial charge in [0.25, 0.3) is 0 Å². The lowest BCUT2D eigenvalue weighted by Crippen LogP contribution is -2.55. The zero-order valence-electron chi connectivity index (χ0n) is 14.7. The first-order valence-corrected chi connectivity index (χ1v) is 9.17. The van der Waals surface area contributed by atoms with Gasteiger partial charge < -0.3 is 9.38 Å². The molecule has 0 spiro atoms. The number of likely N-dealkylation sites (N-methyl/N-ethyl adjacent to an activating group) is 1. The van der Waals surface area contributed by atoms with Crippen molar-refractivity contribution in [2.75, 3.05) is 45.2 Å². The third kappa shape index (κ3) is 3.91. The molecule has 0 aromatic heterocycles. The molecule has 0 aliphatic carbocycles. The average Bonchev–Trinajstić information content (AvgIpc) is 2.51. The lowest BCUT2D eigenvalue weighted by atomic mass is 10.2. The SMILES string of the molecule is Cc1ccc(Sc2ccccc2N2CC[N+](C)(C)CC2)c(C)c1. The molecule has 0 amide bonds. The highest BCUT2D eigenvalue weighted by Gasteiger charge is 2.25. The lowest BCUT2D eigenvalue weighted by molar-refractivity contribution is -0.890. The minimum atomic E-state index is 1.13. The highest BCUT2D eigenvalue weighted by molar-refractivity contribution is 7.99. The summed E-state index contributed by atoms with van der Waals surface area (Å²) in [5.41, 5.74) is 4.08. The van der Waals surface area contributed by atoms with Crippen molar-refractivity contribution in [3.05, 3.63) is 53.6 Å². The summed E-state index contributed by atoms with van der Waals surface area (Å²) in [4.78, 5) is 5.28. The summed E-state index contributed by atoms with van der Waals surface area (Å²) < 4.78 is 1.13. The Morgan fingerprint density at radius 3 is 2.30 bits per heavy atom. The number of nitrogens with zero attached hydrogens (tertiary/aromatic N) is 2. The van der Waals surface area contributed by atoms with E-state index in [1.807, 2.05) is 11.8 Å². The lowest BCUT2D eigenvalue weighted by Gasteiger charge is -2.40. The summed E-state index contributed by atoms with van der Waals surface area (Å²) in [6.07, 6.45) is 0. The molecule has 2 aromatic carbocycles. The van der Waals surface area contributed by atoms with Gasteiger partial charge in [-0.15, -0.1) is 0 Å². The number of hydrogen-bond donors (Lipinski definition) is 0. The molecule has 1 aliphatic heterocycles. The fraction of sp³-hybridized carbons (Fsp3) is 0.400. The number of piperazine rings is 1. The van der Waals surface area contributed by atoms with Crippen molar-refractivity contribution in [2.24, 2.45) is 0 Å². The minimum absolute atomic E-state index is 1.13. The smallest absolute Gasteiger partial charge is 0.0961 e. The number of para-hydroxylation sites is 1. The van der Waals surface area contributed by atoms with Crippen LogP contribution in [-0.4, -0.2) is 44.8 Å². The van der Waals surface area contributed by atoms with Crippen LogP contribution in [0.4, 0.5) is 5.69 Å². The number of rotatable bonds is 3. The van der Waals surface area contributed by atoms with Crippen molar-refractivity contribution >= 4 is 17.4 Å². The molecule has 0 unspecified atom stereocenters. The number of quaternary nitrogens is 1. The highest BCUT2D eigenvalue weighted by atomic mass is 32.2. The number of aryl methyl sites for hydroxylation is 2. The predicted molar refractivity (Wildman–Crippen MR) is 101 cm³/mol. The first kappa shape index (κ1) is 16.4. The van der Waals surface area contributed by atoms with E-state index >= 15 is 0 Å². The third-order valence-electron chi connectivity index (χ3n) is 4.71. The van der Waals surface area contributed by atoms with Crippen LogP contribution in [0.3, 0.4) is 0 Å². The molecule has 1 fully saturated rings. The molecule has 1 aliphatic rings. The van der Waals surface area contributed by atoms with E-state index in [1.54, 1.807) is 0 Å². The zero-order chi connectivity index (χ0) is 16.4. The molecule has 122 valence electrons. The van der Waals surface area contributed by atoms with Crippen LogP contribution >= 0.6 is 11.8 Å². The molecule has 1 saturated heterocycles. The second-order valence-corrected chi connectivity index (χ2v) is 8.29. The Morgan fingerprint density at radius 2 is 1.61 bits per heavy atom. The maximum atomic E-state index is 2.55. The minimum Gasteiger partial charge on any atom is -0.359 e. The molecule has 0 radical (unpaired) electrons. The van der Waals surface area contributed by atoms with Crippen LogP contribution in [0, 0.1) is 13.8 Å². The van der Waals surface area contributed by atoms with Gasteiger partial charge in [-0.3, -0.25) is 0 Å². The van der Waals surface area contributed by atoms with E-state index < -0.39 is 0 Å². The number of anilines is 1. The summed E-state index contributed by atoms with van der Waals surface area (Å²) in [6.45, 7) is 9.06. The number of hydrogen-bond acceptors (Lipinski definition) is 2. The molecular formula is C20H27N2S+. The van der Waals surface area contributed by atoms with Crippen LogP contribution in [0.25, 0.3) is 0 Å². The Balaban J connectivity index is 1.84. The van der Waals surface area contributed by atoms with Crippen molar-refractivity contribution < 1.29 is 4.48 Å². The van der Waals surface area contributed by atoms with E-state index in [-0.39, 0.29) is 0 Å². The molecule has 2 nitrogen and oxygen atoms in total. The summed E-state index contributed by atoms with van der Waals surface area (Å²) in [6, 6.07) is 15.6. The second kappa shape index (κ2) is 6.58. The molecule has 3 rings (SSSR count). The fourth-order valence-corrected chi connectivity index (χ4v) is 4.13. The summed E-state index contributed by atoms with van der Waals surface area (Å²) in [5.74, 6) is 0. The standard InChI is InChI=1S/C20H27N2S/c1-16-9-10-19(17(2)15-16)23-20-8-6-5-7-18(20)21-11-13-22(3,4)14-12-21/h5-10,15H,11-14H2,1-4H3/q+1. The molecule has 1 heterocycles. The van der Waals surface area contributed by atoms with Crippen LogP contribution < -0.4 is 4.90 Å². The maximum Gasteiger partial charge on any atom is 0.0961 e. The molecule has 3 heteroatoms. The molecule has 0 N–H and O–H groups in total. The van der Waals surface area contributed by atoms with E-state index in [0.717, 1.165) is 17.6 Å². The molecular weight excluding hydrogens is 300 g/mol. The molecule has 0 atom stereocenters. The van der Waals surface area contributed by atoms with Gasteiger partial charge in [-0.05, 0) is 37.6 Å². The Labute approximate surface area is 144 Å². The molecule has 2 aromatic rings. The van der Waals surface area contributed by atoms with Gasteiger partial charge in [-0.2, -0.15) is 0 Å². The van der Waals surface area contributed by atoms with E-state index in [1.165, 1.54) is 39.7 Å². The van der Waals surface area contributed by atoms with Crippen LogP contribution in [0.2, 0.25) is 0 Å². The van der Waals surface area contributed by atoms with Crippen molar-refractivity contribution in [3.8, 4) is 0 Å². The average molecular weight is 328 g/mol. The van der Waals surface area contributed by atoms with E-state index in [0.29, 0.717) is 0 Å². The van der Waals surface area contributed by atoms with Crippen molar-refractivity contribution in [1.82, 2.24) is 0 Å². The van der Waals surface area contributed by atoms with Gasteiger partial charge in [-0.1, -0.05) is 41.6 Å². The van der Waals surface area contributed by atoms with Crippen LogP contribution in [0.15, 0.2) is 52.3 Å². The van der Waals surface area contributed by atoms with Crippen molar-refractivity contribution in [3.63, 3.8) is 0 Å². The van der Waals surface area contributed by atoms with Crippen LogP contribution in [0.5, 0.6) is 0 Å². The molecule has 0 saturated carbocycles. The van der Waals surface area contributed by atoms with E-state index in [4.69, 9.17) is 0 Å². The van der Waals surface area contributed by atoms with Gasteiger partial charge >= 0.3 is 0 Å². The Hall–Kier alpha value is -1.45. The zero-order valence-corrected chi connectivity index (χ0v) is 15.5. The fourth-order valence-electron chi connectivity index (χ4n) is 3.08. The quantitative estimate of drug-likeness (QED) is 0.771. The van der Waals surface area contributed by atoms with Gasteiger partial charge in [-0.25, -0.2) is 0 Å². The largest absolute Gasteiger partial charge is 0.359 e. The van der Waals surface area contributed by atoms with Crippen LogP contribution in [0.1, 0.15) is 11.1 Å². The van der Waals surface area contributed by atoms with E-state index in [2.05, 4.69) is 75.3 Å². The monoisotopic (exact) mass is 327 g/mol. The number of benzene rings is 2. The van der Waals surface area contributed by atoms with Crippen molar-refractivity contribution in [2.45, 2.75) is 23.6 Å². The van der Waals surface area contributed by atoms with Gasteiger partial charge in [0.15, 0.2) is 0 Å². The van der Waals surface area contributed by atoms with Gasteiger partial charge in [0.05, 0.1) is 46.0 Å². The van der Waals surface area contributed by atoms with Gasteiger partial charge in [0.2, 0.25) is 0 Å². The highest BCUT2D eigenvalue weighted by Crippen LogP contribution is 2.37. The maximum absolute atomic E-state index is 2.55. The second-order valence-electron chi connectivity index (χ2n) is 7.21. The normalized spacial score (nSPS) is 17.3. The Kier molecular flexibility index (Phi) is 4.69. The Bertz CT molecular complexity index is 684. The van der Waals surface area contributed by atoms with Gasteiger partial charge in [0.1, 0.15) is 0 Å². The van der Waals surface area contributed by atoms with Crippen molar-refractivity contribution in [1.29, 1.82) is 0 Å². The summed E-state index contributed by atoms with van der Waals surface area (Å²) >= 11 is 1.90. The molecule has 0 bridgehead atoms. The van der Waals surface area contributed by atoms with Gasteiger partial charge in [0, 0.05) is 9.79 Å². The summed E-state index contributed by atoms with van der Waals surface area (Å²) in [7, 11) is 4.65. The Morgan fingerprint density at radius 1 is 0.913 bits per heavy atom. The topological polar surface area (TPSA) is 3.24 Å². The van der Waals surface area contributed by atoms with E-state index in [9.17, 15) is 0 Å².